The van der Waals surface area contributed by atoms with E-state index in [1.165, 1.54) is 18.2 Å². The Kier molecular flexibility index (Phi) is 6.97. The number of carbonyl (C=O) groups is 1. The molecule has 0 aliphatic carbocycles. The summed E-state index contributed by atoms with van der Waals surface area (Å²) in [5, 5.41) is 14.2. The highest BCUT2D eigenvalue weighted by atomic mass is 19.1. The summed E-state index contributed by atoms with van der Waals surface area (Å²) in [5.41, 5.74) is 0.665. The molecule has 2 amide bonds. The van der Waals surface area contributed by atoms with Crippen LogP contribution in [0.1, 0.15) is 18.1 Å². The molecule has 0 spiro atoms. The minimum absolute atomic E-state index is 0.0467. The molecule has 1 atom stereocenters. The lowest BCUT2D eigenvalue weighted by Crippen LogP contribution is -2.43. The number of hydrogen-bond donors (Lipinski definition) is 2. The molecule has 130 valence electrons. The van der Waals surface area contributed by atoms with Crippen molar-refractivity contribution in [2.45, 2.75) is 13.5 Å². The van der Waals surface area contributed by atoms with Crippen molar-refractivity contribution < 1.29 is 13.9 Å². The van der Waals surface area contributed by atoms with E-state index in [4.69, 9.17) is 10.00 Å². The number of ether oxygens (including phenoxy) is 1. The highest BCUT2D eigenvalue weighted by molar-refractivity contribution is 5.73. The van der Waals surface area contributed by atoms with Crippen molar-refractivity contribution in [1.29, 1.82) is 5.26 Å². The molecule has 24 heavy (non-hydrogen) atoms. The molecule has 2 N–H and O–H groups in total. The van der Waals surface area contributed by atoms with Gasteiger partial charge in [-0.15, -0.1) is 0 Å². The number of nitrogens with zero attached hydrogens (tertiary/aromatic N) is 2. The van der Waals surface area contributed by atoms with Crippen LogP contribution in [0.2, 0.25) is 0 Å². The van der Waals surface area contributed by atoms with Crippen molar-refractivity contribution in [2.75, 3.05) is 39.4 Å². The maximum absolute atomic E-state index is 13.6. The largest absolute Gasteiger partial charge is 0.379 e. The molecule has 1 aliphatic heterocycles. The molecule has 0 aromatic heterocycles. The maximum Gasteiger partial charge on any atom is 0.315 e. The summed E-state index contributed by atoms with van der Waals surface area (Å²) in [6.07, 6.45) is 0. The smallest absolute Gasteiger partial charge is 0.315 e. The molecule has 7 heteroatoms. The zero-order chi connectivity index (χ0) is 17.4. The van der Waals surface area contributed by atoms with Crippen molar-refractivity contribution in [3.8, 4) is 6.07 Å². The molecule has 1 aliphatic rings. The second-order valence-electron chi connectivity index (χ2n) is 6.00. The average Bonchev–Trinajstić information content (AvgIpc) is 2.60. The van der Waals surface area contributed by atoms with E-state index in [1.807, 2.05) is 6.07 Å². The van der Waals surface area contributed by atoms with Gasteiger partial charge in [-0.05, 0) is 24.1 Å². The SMILES string of the molecule is C[C@@H](CNC(=O)NCc1cc(C#N)ccc1F)CN1CCOCC1. The van der Waals surface area contributed by atoms with Gasteiger partial charge in [0.25, 0.3) is 0 Å². The summed E-state index contributed by atoms with van der Waals surface area (Å²) in [5.74, 6) is -0.123. The lowest BCUT2D eigenvalue weighted by Gasteiger charge is -2.29. The molecule has 1 heterocycles. The first-order chi connectivity index (χ1) is 11.6. The third kappa shape index (κ3) is 5.80. The summed E-state index contributed by atoms with van der Waals surface area (Å²) < 4.78 is 18.9. The van der Waals surface area contributed by atoms with E-state index >= 15 is 0 Å². The van der Waals surface area contributed by atoms with Crippen LogP contribution in [0.3, 0.4) is 0 Å². The molecule has 2 rings (SSSR count). The molecule has 1 saturated heterocycles. The number of amides is 2. The van der Waals surface area contributed by atoms with Gasteiger partial charge in [0.05, 0.1) is 24.8 Å². The first-order valence-electron chi connectivity index (χ1n) is 8.09. The van der Waals surface area contributed by atoms with Crippen LogP contribution >= 0.6 is 0 Å². The van der Waals surface area contributed by atoms with Gasteiger partial charge in [0.1, 0.15) is 5.82 Å². The predicted molar refractivity (Wildman–Crippen MR) is 87.8 cm³/mol. The van der Waals surface area contributed by atoms with Gasteiger partial charge in [-0.25, -0.2) is 9.18 Å². The van der Waals surface area contributed by atoms with E-state index in [0.717, 1.165) is 32.8 Å². The van der Waals surface area contributed by atoms with Crippen molar-refractivity contribution in [2.24, 2.45) is 5.92 Å². The molecule has 0 saturated carbocycles. The standard InChI is InChI=1S/C17H23FN4O2/c1-13(12-22-4-6-24-7-5-22)10-20-17(23)21-11-15-8-14(9-19)2-3-16(15)18/h2-3,8,13H,4-7,10-12H2,1H3,(H2,20,21,23)/t13-/m0/s1. The van der Waals surface area contributed by atoms with Gasteiger partial charge in [-0.3, -0.25) is 4.90 Å². The second kappa shape index (κ2) is 9.21. The molecule has 6 nitrogen and oxygen atoms in total. The predicted octanol–water partition coefficient (Wildman–Crippen LogP) is 1.46. The molecule has 0 unspecified atom stereocenters. The topological polar surface area (TPSA) is 77.4 Å². The first-order valence-corrected chi connectivity index (χ1v) is 8.09. The summed E-state index contributed by atoms with van der Waals surface area (Å²) in [4.78, 5) is 14.2. The van der Waals surface area contributed by atoms with Crippen LogP contribution in [-0.2, 0) is 11.3 Å². The van der Waals surface area contributed by atoms with Crippen molar-refractivity contribution in [3.63, 3.8) is 0 Å². The van der Waals surface area contributed by atoms with Crippen LogP contribution < -0.4 is 10.6 Å². The zero-order valence-corrected chi connectivity index (χ0v) is 13.8. The van der Waals surface area contributed by atoms with Crippen LogP contribution in [0.5, 0.6) is 0 Å². The highest BCUT2D eigenvalue weighted by Gasteiger charge is 2.14. The number of halogens is 1. The van der Waals surface area contributed by atoms with Gasteiger partial charge in [0, 0.05) is 38.3 Å². The Labute approximate surface area is 141 Å². The number of benzene rings is 1. The van der Waals surface area contributed by atoms with E-state index in [-0.39, 0.29) is 12.6 Å². The second-order valence-corrected chi connectivity index (χ2v) is 6.00. The molecular weight excluding hydrogens is 311 g/mol. The molecule has 0 radical (unpaired) electrons. The fourth-order valence-electron chi connectivity index (χ4n) is 2.57. The lowest BCUT2D eigenvalue weighted by molar-refractivity contribution is 0.0319. The number of urea groups is 1. The molecular formula is C17H23FN4O2. The first kappa shape index (κ1) is 18.2. The van der Waals surface area contributed by atoms with E-state index in [0.29, 0.717) is 23.6 Å². The van der Waals surface area contributed by atoms with E-state index in [9.17, 15) is 9.18 Å². The van der Waals surface area contributed by atoms with E-state index < -0.39 is 5.82 Å². The van der Waals surface area contributed by atoms with Gasteiger partial charge >= 0.3 is 6.03 Å². The summed E-state index contributed by atoms with van der Waals surface area (Å²) in [6, 6.07) is 5.69. The average molecular weight is 334 g/mol. The highest BCUT2D eigenvalue weighted by Crippen LogP contribution is 2.09. The monoisotopic (exact) mass is 334 g/mol. The lowest BCUT2D eigenvalue weighted by atomic mass is 10.1. The Morgan fingerprint density at radius 3 is 2.88 bits per heavy atom. The van der Waals surface area contributed by atoms with Gasteiger partial charge in [0.15, 0.2) is 0 Å². The number of hydrogen-bond acceptors (Lipinski definition) is 4. The van der Waals surface area contributed by atoms with Gasteiger partial charge in [-0.1, -0.05) is 6.92 Å². The van der Waals surface area contributed by atoms with Crippen LogP contribution in [0.4, 0.5) is 9.18 Å². The summed E-state index contributed by atoms with van der Waals surface area (Å²) in [6.45, 7) is 6.93. The van der Waals surface area contributed by atoms with Crippen molar-refractivity contribution in [1.82, 2.24) is 15.5 Å². The van der Waals surface area contributed by atoms with Gasteiger partial charge in [-0.2, -0.15) is 5.26 Å². The number of carbonyl (C=O) groups excluding carboxylic acids is 1. The van der Waals surface area contributed by atoms with Crippen molar-refractivity contribution in [3.05, 3.63) is 35.1 Å². The van der Waals surface area contributed by atoms with Gasteiger partial charge in [0.2, 0.25) is 0 Å². The van der Waals surface area contributed by atoms with Crippen LogP contribution in [-0.4, -0.2) is 50.3 Å². The molecule has 1 aromatic carbocycles. The number of rotatable bonds is 6. The van der Waals surface area contributed by atoms with Crippen LogP contribution in [0.15, 0.2) is 18.2 Å². The number of nitrogens with one attached hydrogen (secondary N) is 2. The number of nitriles is 1. The quantitative estimate of drug-likeness (QED) is 0.826. The summed E-state index contributed by atoms with van der Waals surface area (Å²) >= 11 is 0. The maximum atomic E-state index is 13.6. The third-order valence-electron chi connectivity index (χ3n) is 3.90. The van der Waals surface area contributed by atoms with E-state index in [1.54, 1.807) is 0 Å². The Morgan fingerprint density at radius 1 is 1.42 bits per heavy atom. The Hall–Kier alpha value is -2.17. The van der Waals surface area contributed by atoms with Crippen LogP contribution in [0, 0.1) is 23.1 Å². The Bertz CT molecular complexity index is 597. The normalized spacial score (nSPS) is 16.2. The van der Waals surface area contributed by atoms with E-state index in [2.05, 4.69) is 22.5 Å². The third-order valence-corrected chi connectivity index (χ3v) is 3.90. The fraction of sp³-hybridized carbons (Fsp3) is 0.529. The Morgan fingerprint density at radius 2 is 2.17 bits per heavy atom. The summed E-state index contributed by atoms with van der Waals surface area (Å²) in [7, 11) is 0. The van der Waals surface area contributed by atoms with Crippen molar-refractivity contribution >= 4 is 6.03 Å². The van der Waals surface area contributed by atoms with Gasteiger partial charge < -0.3 is 15.4 Å². The Balaban J connectivity index is 1.70. The number of morpholine rings is 1. The fourth-order valence-corrected chi connectivity index (χ4v) is 2.57. The molecule has 1 fully saturated rings. The van der Waals surface area contributed by atoms with Crippen LogP contribution in [0.25, 0.3) is 0 Å². The minimum atomic E-state index is -0.435. The zero-order valence-electron chi connectivity index (χ0n) is 13.8. The molecule has 1 aromatic rings. The minimum Gasteiger partial charge on any atom is -0.379 e. The molecule has 0 bridgehead atoms.